The molecule has 0 aromatic carbocycles. The zero-order chi connectivity index (χ0) is 12.7. The average Bonchev–Trinajstić information content (AvgIpc) is 2.79. The number of thioether (sulfide) groups is 1. The summed E-state index contributed by atoms with van der Waals surface area (Å²) in [7, 11) is 0.210. The quantitative estimate of drug-likeness (QED) is 0.620. The van der Waals surface area contributed by atoms with Gasteiger partial charge in [0.05, 0.1) is 0 Å². The molecule has 2 N–H and O–H groups in total. The lowest BCUT2D eigenvalue weighted by molar-refractivity contribution is 0.441. The van der Waals surface area contributed by atoms with E-state index in [1.165, 1.54) is 4.31 Å². The van der Waals surface area contributed by atoms with Crippen molar-refractivity contribution in [2.75, 3.05) is 45.2 Å². The molecule has 7 heteroatoms. The zero-order valence-electron chi connectivity index (χ0n) is 10.6. The van der Waals surface area contributed by atoms with E-state index in [-0.39, 0.29) is 0 Å². The number of rotatable bonds is 8. The molecule has 1 rings (SSSR count). The topological polar surface area (TPSA) is 61.4 Å². The fourth-order valence-corrected chi connectivity index (χ4v) is 4.00. The van der Waals surface area contributed by atoms with Crippen LogP contribution in [-0.2, 0) is 10.2 Å². The summed E-state index contributed by atoms with van der Waals surface area (Å²) >= 11 is 1.90. The van der Waals surface area contributed by atoms with Crippen LogP contribution >= 0.6 is 11.8 Å². The number of hydrogen-bond acceptors (Lipinski definition) is 4. The van der Waals surface area contributed by atoms with Crippen LogP contribution in [0.5, 0.6) is 0 Å². The summed E-state index contributed by atoms with van der Waals surface area (Å²) in [6.45, 7) is 1.96. The molecule has 0 radical (unpaired) electrons. The molecule has 1 unspecified atom stereocenters. The van der Waals surface area contributed by atoms with Gasteiger partial charge in [-0.15, -0.1) is 0 Å². The third-order valence-electron chi connectivity index (χ3n) is 2.89. The normalized spacial score (nSPS) is 21.2. The molecule has 0 aliphatic carbocycles. The molecule has 0 bridgehead atoms. The summed E-state index contributed by atoms with van der Waals surface area (Å²) in [4.78, 5) is 0. The monoisotopic (exact) mass is 281 g/mol. The fraction of sp³-hybridized carbons (Fsp3) is 1.00. The Balaban J connectivity index is 2.27. The molecule has 1 heterocycles. The van der Waals surface area contributed by atoms with E-state index in [1.807, 2.05) is 18.8 Å². The SMILES string of the molecule is CNCCCN(C)S(=O)(=O)NCC1CCSC1. The highest BCUT2D eigenvalue weighted by Gasteiger charge is 2.21. The minimum absolute atomic E-state index is 0.500. The summed E-state index contributed by atoms with van der Waals surface area (Å²) in [5, 5.41) is 3.01. The molecule has 5 nitrogen and oxygen atoms in total. The lowest BCUT2D eigenvalue weighted by Gasteiger charge is -2.19. The van der Waals surface area contributed by atoms with Gasteiger partial charge in [-0.2, -0.15) is 24.5 Å². The molecular formula is C10H23N3O2S2. The Kier molecular flexibility index (Phi) is 6.79. The maximum atomic E-state index is 11.9. The second-order valence-corrected chi connectivity index (χ2v) is 7.37. The van der Waals surface area contributed by atoms with Crippen molar-refractivity contribution in [2.45, 2.75) is 12.8 Å². The van der Waals surface area contributed by atoms with Gasteiger partial charge in [0.2, 0.25) is 0 Å². The van der Waals surface area contributed by atoms with Gasteiger partial charge in [0, 0.05) is 20.1 Å². The van der Waals surface area contributed by atoms with Gasteiger partial charge in [-0.25, -0.2) is 4.72 Å². The van der Waals surface area contributed by atoms with Crippen molar-refractivity contribution in [2.24, 2.45) is 5.92 Å². The Morgan fingerprint density at radius 1 is 1.47 bits per heavy atom. The third-order valence-corrected chi connectivity index (χ3v) is 5.65. The molecule has 0 saturated carbocycles. The molecular weight excluding hydrogens is 258 g/mol. The summed E-state index contributed by atoms with van der Waals surface area (Å²) in [6.07, 6.45) is 1.95. The number of hydrogen-bond donors (Lipinski definition) is 2. The van der Waals surface area contributed by atoms with E-state index in [9.17, 15) is 8.42 Å². The van der Waals surface area contributed by atoms with Crippen molar-refractivity contribution in [3.63, 3.8) is 0 Å². The van der Waals surface area contributed by atoms with E-state index in [1.54, 1.807) is 7.05 Å². The Labute approximate surface area is 109 Å². The summed E-state index contributed by atoms with van der Waals surface area (Å²) < 4.78 is 27.8. The standard InChI is InChI=1S/C10H23N3O2S2/c1-11-5-3-6-13(2)17(14,15)12-8-10-4-7-16-9-10/h10-12H,3-9H2,1-2H3. The fourth-order valence-electron chi connectivity index (χ4n) is 1.68. The molecule has 0 amide bonds. The lowest BCUT2D eigenvalue weighted by Crippen LogP contribution is -2.41. The van der Waals surface area contributed by atoms with E-state index in [0.29, 0.717) is 19.0 Å². The van der Waals surface area contributed by atoms with Gasteiger partial charge in [0.15, 0.2) is 0 Å². The van der Waals surface area contributed by atoms with Gasteiger partial charge in [-0.3, -0.25) is 0 Å². The van der Waals surface area contributed by atoms with E-state index >= 15 is 0 Å². The molecule has 0 aromatic rings. The molecule has 1 aliphatic rings. The molecule has 0 spiro atoms. The smallest absolute Gasteiger partial charge is 0.279 e. The van der Waals surface area contributed by atoms with Crippen LogP contribution in [0, 0.1) is 5.92 Å². The van der Waals surface area contributed by atoms with Crippen LogP contribution in [0.3, 0.4) is 0 Å². The number of nitrogens with zero attached hydrogens (tertiary/aromatic N) is 1. The van der Waals surface area contributed by atoms with Crippen molar-refractivity contribution in [3.05, 3.63) is 0 Å². The van der Waals surface area contributed by atoms with E-state index in [0.717, 1.165) is 30.9 Å². The van der Waals surface area contributed by atoms with Crippen molar-refractivity contribution in [1.82, 2.24) is 14.3 Å². The van der Waals surface area contributed by atoms with Crippen LogP contribution < -0.4 is 10.0 Å². The van der Waals surface area contributed by atoms with Gasteiger partial charge < -0.3 is 5.32 Å². The molecule has 1 atom stereocenters. The highest BCUT2D eigenvalue weighted by Crippen LogP contribution is 2.22. The minimum atomic E-state index is -3.28. The summed E-state index contributed by atoms with van der Waals surface area (Å²) in [6, 6.07) is 0. The van der Waals surface area contributed by atoms with Crippen LogP contribution in [0.2, 0.25) is 0 Å². The van der Waals surface area contributed by atoms with Gasteiger partial charge in [0.1, 0.15) is 0 Å². The molecule has 0 aromatic heterocycles. The average molecular weight is 281 g/mol. The minimum Gasteiger partial charge on any atom is -0.320 e. The maximum Gasteiger partial charge on any atom is 0.279 e. The van der Waals surface area contributed by atoms with Gasteiger partial charge in [-0.05, 0) is 43.9 Å². The summed E-state index contributed by atoms with van der Waals surface area (Å²) in [5.74, 6) is 2.73. The third kappa shape index (κ3) is 5.56. The molecule has 1 fully saturated rings. The van der Waals surface area contributed by atoms with Crippen molar-refractivity contribution in [1.29, 1.82) is 0 Å². The van der Waals surface area contributed by atoms with E-state index < -0.39 is 10.2 Å². The Morgan fingerprint density at radius 3 is 2.82 bits per heavy atom. The Morgan fingerprint density at radius 2 is 2.24 bits per heavy atom. The second kappa shape index (κ2) is 7.58. The summed E-state index contributed by atoms with van der Waals surface area (Å²) in [5.41, 5.74) is 0. The Hall–Kier alpha value is 0.180. The van der Waals surface area contributed by atoms with Gasteiger partial charge >= 0.3 is 0 Å². The molecule has 102 valence electrons. The molecule has 1 aliphatic heterocycles. The van der Waals surface area contributed by atoms with Crippen LogP contribution in [0.15, 0.2) is 0 Å². The molecule has 17 heavy (non-hydrogen) atoms. The first-order valence-electron chi connectivity index (χ1n) is 5.99. The first-order valence-corrected chi connectivity index (χ1v) is 8.59. The highest BCUT2D eigenvalue weighted by atomic mass is 32.2. The first-order chi connectivity index (χ1) is 8.06. The van der Waals surface area contributed by atoms with Gasteiger partial charge in [0.25, 0.3) is 10.2 Å². The zero-order valence-corrected chi connectivity index (χ0v) is 12.2. The van der Waals surface area contributed by atoms with Crippen LogP contribution in [0.25, 0.3) is 0 Å². The van der Waals surface area contributed by atoms with Gasteiger partial charge in [-0.1, -0.05) is 0 Å². The predicted octanol–water partition coefficient (Wildman–Crippen LogP) is 0.115. The van der Waals surface area contributed by atoms with Crippen molar-refractivity contribution < 1.29 is 8.42 Å². The van der Waals surface area contributed by atoms with E-state index in [4.69, 9.17) is 0 Å². The lowest BCUT2D eigenvalue weighted by atomic mass is 10.1. The molecule has 1 saturated heterocycles. The predicted molar refractivity (Wildman–Crippen MR) is 73.5 cm³/mol. The number of nitrogens with one attached hydrogen (secondary N) is 2. The van der Waals surface area contributed by atoms with Crippen LogP contribution in [-0.4, -0.2) is 58.0 Å². The Bertz CT molecular complexity index is 303. The second-order valence-electron chi connectivity index (χ2n) is 4.36. The van der Waals surface area contributed by atoms with Crippen LogP contribution in [0.4, 0.5) is 0 Å². The first kappa shape index (κ1) is 15.2. The largest absolute Gasteiger partial charge is 0.320 e. The highest BCUT2D eigenvalue weighted by molar-refractivity contribution is 7.99. The van der Waals surface area contributed by atoms with Crippen LogP contribution in [0.1, 0.15) is 12.8 Å². The van der Waals surface area contributed by atoms with E-state index in [2.05, 4.69) is 10.0 Å². The van der Waals surface area contributed by atoms with Crippen molar-refractivity contribution in [3.8, 4) is 0 Å². The van der Waals surface area contributed by atoms with Crippen molar-refractivity contribution >= 4 is 22.0 Å². The maximum absolute atomic E-state index is 11.9.